The lowest BCUT2D eigenvalue weighted by molar-refractivity contribution is -0.128. The van der Waals surface area contributed by atoms with E-state index in [1.54, 1.807) is 25.3 Å². The number of hydrogen-bond acceptors (Lipinski definition) is 6. The lowest BCUT2D eigenvalue weighted by Gasteiger charge is -2.31. The Labute approximate surface area is 171 Å². The SMILES string of the molecule is CC1CCN(c2nnc(SC(C(=O)N(C)C)C(C)C)n2Cc2ccco2)CC1. The van der Waals surface area contributed by atoms with Crippen molar-refractivity contribution in [2.45, 2.75) is 50.6 Å². The highest BCUT2D eigenvalue weighted by Gasteiger charge is 2.29. The Bertz CT molecular complexity index is 764. The largest absolute Gasteiger partial charge is 0.467 e. The molecule has 0 aliphatic carbocycles. The number of furan rings is 1. The number of aromatic nitrogens is 3. The summed E-state index contributed by atoms with van der Waals surface area (Å²) in [5, 5.41) is 9.55. The second-order valence-corrected chi connectivity index (χ2v) is 9.24. The van der Waals surface area contributed by atoms with Crippen molar-refractivity contribution < 1.29 is 9.21 Å². The molecule has 1 amide bonds. The molecule has 2 aromatic rings. The molecule has 1 atom stereocenters. The Morgan fingerprint density at radius 1 is 1.32 bits per heavy atom. The van der Waals surface area contributed by atoms with Gasteiger partial charge in [-0.3, -0.25) is 9.36 Å². The molecule has 0 spiro atoms. The van der Waals surface area contributed by atoms with Gasteiger partial charge in [0.05, 0.1) is 18.1 Å². The van der Waals surface area contributed by atoms with Crippen LogP contribution in [0, 0.1) is 11.8 Å². The van der Waals surface area contributed by atoms with Crippen LogP contribution in [-0.4, -0.2) is 58.0 Å². The van der Waals surface area contributed by atoms with E-state index in [9.17, 15) is 4.79 Å². The molecule has 0 bridgehead atoms. The Morgan fingerprint density at radius 2 is 2.04 bits per heavy atom. The smallest absolute Gasteiger partial charge is 0.235 e. The van der Waals surface area contributed by atoms with Gasteiger partial charge in [0.15, 0.2) is 5.16 Å². The zero-order valence-corrected chi connectivity index (χ0v) is 18.3. The number of carbonyl (C=O) groups excluding carboxylic acids is 1. The van der Waals surface area contributed by atoms with E-state index in [4.69, 9.17) is 4.42 Å². The molecule has 0 aromatic carbocycles. The molecule has 0 N–H and O–H groups in total. The molecular formula is C20H31N5O2S. The fourth-order valence-corrected chi connectivity index (χ4v) is 4.52. The van der Waals surface area contributed by atoms with Gasteiger partial charge in [-0.05, 0) is 36.8 Å². The first-order valence-electron chi connectivity index (χ1n) is 9.95. The maximum absolute atomic E-state index is 12.7. The normalized spacial score (nSPS) is 16.6. The lowest BCUT2D eigenvalue weighted by Crippen LogP contribution is -2.36. The van der Waals surface area contributed by atoms with Crippen molar-refractivity contribution in [3.05, 3.63) is 24.2 Å². The molecule has 3 heterocycles. The molecule has 3 rings (SSSR count). The minimum absolute atomic E-state index is 0.0981. The zero-order valence-electron chi connectivity index (χ0n) is 17.5. The van der Waals surface area contributed by atoms with Crippen LogP contribution in [0.2, 0.25) is 0 Å². The third kappa shape index (κ3) is 4.71. The minimum Gasteiger partial charge on any atom is -0.467 e. The van der Waals surface area contributed by atoms with Gasteiger partial charge in [0.1, 0.15) is 5.76 Å². The molecule has 1 aliphatic heterocycles. The summed E-state index contributed by atoms with van der Waals surface area (Å²) in [6, 6.07) is 3.85. The monoisotopic (exact) mass is 405 g/mol. The molecule has 7 nitrogen and oxygen atoms in total. The quantitative estimate of drug-likeness (QED) is 0.658. The van der Waals surface area contributed by atoms with Crippen LogP contribution in [0.3, 0.4) is 0 Å². The number of carbonyl (C=O) groups is 1. The van der Waals surface area contributed by atoms with Crippen LogP contribution in [-0.2, 0) is 11.3 Å². The van der Waals surface area contributed by atoms with Crippen LogP contribution in [0.25, 0.3) is 0 Å². The highest BCUT2D eigenvalue weighted by atomic mass is 32.2. The van der Waals surface area contributed by atoms with E-state index in [0.717, 1.165) is 48.7 Å². The van der Waals surface area contributed by atoms with Crippen LogP contribution in [0.4, 0.5) is 5.95 Å². The predicted octanol–water partition coefficient (Wildman–Crippen LogP) is 3.36. The third-order valence-corrected chi connectivity index (χ3v) is 6.69. The molecule has 0 saturated carbocycles. The predicted molar refractivity (Wildman–Crippen MR) is 112 cm³/mol. The summed E-state index contributed by atoms with van der Waals surface area (Å²) < 4.78 is 7.68. The molecule has 154 valence electrons. The lowest BCUT2D eigenvalue weighted by atomic mass is 10.00. The Morgan fingerprint density at radius 3 is 2.61 bits per heavy atom. The van der Waals surface area contributed by atoms with Gasteiger partial charge < -0.3 is 14.2 Å². The molecular weight excluding hydrogens is 374 g/mol. The van der Waals surface area contributed by atoms with E-state index >= 15 is 0 Å². The highest BCUT2D eigenvalue weighted by molar-refractivity contribution is 8.00. The van der Waals surface area contributed by atoms with Gasteiger partial charge >= 0.3 is 0 Å². The van der Waals surface area contributed by atoms with Gasteiger partial charge in [-0.2, -0.15) is 0 Å². The van der Waals surface area contributed by atoms with Crippen LogP contribution < -0.4 is 4.90 Å². The van der Waals surface area contributed by atoms with Gasteiger partial charge in [0.25, 0.3) is 0 Å². The van der Waals surface area contributed by atoms with Gasteiger partial charge in [-0.15, -0.1) is 10.2 Å². The maximum atomic E-state index is 12.7. The van der Waals surface area contributed by atoms with Crippen LogP contribution in [0.1, 0.15) is 39.4 Å². The molecule has 1 saturated heterocycles. The van der Waals surface area contributed by atoms with Crippen molar-refractivity contribution >= 4 is 23.6 Å². The van der Waals surface area contributed by atoms with Gasteiger partial charge in [-0.25, -0.2) is 0 Å². The number of thioether (sulfide) groups is 1. The highest BCUT2D eigenvalue weighted by Crippen LogP contribution is 2.32. The zero-order chi connectivity index (χ0) is 20.3. The van der Waals surface area contributed by atoms with E-state index in [2.05, 4.69) is 40.4 Å². The van der Waals surface area contributed by atoms with E-state index < -0.39 is 0 Å². The standard InChI is InChI=1S/C20H31N5O2S/c1-14(2)17(18(26)23(4)5)28-20-22-21-19(24-10-8-15(3)9-11-24)25(20)13-16-7-6-12-27-16/h6-7,12,14-15,17H,8-11,13H2,1-5H3. The van der Waals surface area contributed by atoms with E-state index in [-0.39, 0.29) is 17.1 Å². The first kappa shape index (κ1) is 20.8. The Hall–Kier alpha value is -1.96. The van der Waals surface area contributed by atoms with Crippen LogP contribution in [0.5, 0.6) is 0 Å². The minimum atomic E-state index is -0.205. The molecule has 1 unspecified atom stereocenters. The summed E-state index contributed by atoms with van der Waals surface area (Å²) in [5.74, 6) is 2.75. The summed E-state index contributed by atoms with van der Waals surface area (Å²) in [4.78, 5) is 16.6. The molecule has 28 heavy (non-hydrogen) atoms. The molecule has 0 radical (unpaired) electrons. The van der Waals surface area contributed by atoms with Crippen molar-refractivity contribution in [3.8, 4) is 0 Å². The van der Waals surface area contributed by atoms with Crippen molar-refractivity contribution in [2.75, 3.05) is 32.1 Å². The summed E-state index contributed by atoms with van der Waals surface area (Å²) in [6.07, 6.45) is 3.99. The second kappa shape index (κ2) is 9.03. The first-order valence-corrected chi connectivity index (χ1v) is 10.8. The Kier molecular flexibility index (Phi) is 6.69. The fraction of sp³-hybridized carbons (Fsp3) is 0.650. The number of anilines is 1. The molecule has 2 aromatic heterocycles. The number of piperidine rings is 1. The van der Waals surface area contributed by atoms with E-state index in [1.165, 1.54) is 11.8 Å². The van der Waals surface area contributed by atoms with Gasteiger partial charge in [0, 0.05) is 27.2 Å². The summed E-state index contributed by atoms with van der Waals surface area (Å²) in [5.41, 5.74) is 0. The van der Waals surface area contributed by atoms with Crippen molar-refractivity contribution in [1.82, 2.24) is 19.7 Å². The first-order chi connectivity index (χ1) is 13.4. The van der Waals surface area contributed by atoms with E-state index in [1.807, 2.05) is 12.1 Å². The van der Waals surface area contributed by atoms with Crippen LogP contribution >= 0.6 is 11.8 Å². The number of rotatable bonds is 7. The topological polar surface area (TPSA) is 67.4 Å². The number of hydrogen-bond donors (Lipinski definition) is 0. The fourth-order valence-electron chi connectivity index (χ4n) is 3.35. The van der Waals surface area contributed by atoms with Crippen molar-refractivity contribution in [2.24, 2.45) is 11.8 Å². The average Bonchev–Trinajstić information content (AvgIpc) is 3.30. The van der Waals surface area contributed by atoms with Crippen molar-refractivity contribution in [1.29, 1.82) is 0 Å². The van der Waals surface area contributed by atoms with Crippen LogP contribution in [0.15, 0.2) is 28.0 Å². The Balaban J connectivity index is 1.90. The van der Waals surface area contributed by atoms with Gasteiger partial charge in [-0.1, -0.05) is 32.5 Å². The summed E-state index contributed by atoms with van der Waals surface area (Å²) in [6.45, 7) is 8.95. The van der Waals surface area contributed by atoms with Gasteiger partial charge in [0.2, 0.25) is 11.9 Å². The maximum Gasteiger partial charge on any atom is 0.235 e. The average molecular weight is 406 g/mol. The molecule has 8 heteroatoms. The van der Waals surface area contributed by atoms with E-state index in [0.29, 0.717) is 6.54 Å². The molecule has 1 aliphatic rings. The summed E-state index contributed by atoms with van der Waals surface area (Å²) in [7, 11) is 3.60. The number of amides is 1. The third-order valence-electron chi connectivity index (χ3n) is 5.18. The summed E-state index contributed by atoms with van der Waals surface area (Å²) >= 11 is 1.50. The number of nitrogens with zero attached hydrogens (tertiary/aromatic N) is 5. The molecule has 1 fully saturated rings. The second-order valence-electron chi connectivity index (χ2n) is 8.13. The van der Waals surface area contributed by atoms with Crippen molar-refractivity contribution in [3.63, 3.8) is 0 Å².